The van der Waals surface area contributed by atoms with Crippen molar-refractivity contribution < 1.29 is 19.1 Å². The van der Waals surface area contributed by atoms with Crippen molar-refractivity contribution in [2.75, 3.05) is 13.7 Å². The van der Waals surface area contributed by atoms with Gasteiger partial charge >= 0.3 is 12.1 Å². The van der Waals surface area contributed by atoms with E-state index in [0.29, 0.717) is 25.1 Å². The first-order chi connectivity index (χ1) is 9.83. The Morgan fingerprint density at radius 1 is 1.33 bits per heavy atom. The molecule has 0 fully saturated rings. The lowest BCUT2D eigenvalue weighted by atomic mass is 10.1. The minimum atomic E-state index is -0.508. The fourth-order valence-corrected chi connectivity index (χ4v) is 1.70. The van der Waals surface area contributed by atoms with Crippen molar-refractivity contribution in [3.63, 3.8) is 0 Å². The summed E-state index contributed by atoms with van der Waals surface area (Å²) in [7, 11) is 1.32. The maximum absolute atomic E-state index is 11.6. The average Bonchev–Trinajstić information content (AvgIpc) is 2.41. The lowest BCUT2D eigenvalue weighted by Crippen LogP contribution is -2.33. The maximum atomic E-state index is 11.6. The van der Waals surface area contributed by atoms with Crippen LogP contribution in [0.2, 0.25) is 0 Å². The van der Waals surface area contributed by atoms with Crippen LogP contribution in [0.25, 0.3) is 0 Å². The number of alkyl carbamates (subject to hydrolysis) is 1. The molecule has 1 N–H and O–H groups in total. The second kappa shape index (κ2) is 7.61. The van der Waals surface area contributed by atoms with Crippen LogP contribution in [0.4, 0.5) is 4.79 Å². The van der Waals surface area contributed by atoms with E-state index >= 15 is 0 Å². The molecule has 0 aromatic carbocycles. The Kier molecular flexibility index (Phi) is 6.14. The van der Waals surface area contributed by atoms with Crippen molar-refractivity contribution >= 4 is 12.1 Å². The van der Waals surface area contributed by atoms with E-state index in [9.17, 15) is 9.59 Å². The van der Waals surface area contributed by atoms with Gasteiger partial charge in [-0.2, -0.15) is 0 Å². The van der Waals surface area contributed by atoms with Crippen LogP contribution in [0, 0.1) is 0 Å². The third kappa shape index (κ3) is 6.25. The molecule has 6 nitrogen and oxygen atoms in total. The number of aryl methyl sites for hydroxylation is 1. The number of carbonyl (C=O) groups is 2. The van der Waals surface area contributed by atoms with Gasteiger partial charge in [0.2, 0.25) is 0 Å². The van der Waals surface area contributed by atoms with Crippen LogP contribution in [-0.2, 0) is 15.9 Å². The van der Waals surface area contributed by atoms with Crippen LogP contribution in [-0.4, -0.2) is 36.3 Å². The molecule has 1 aromatic heterocycles. The molecule has 0 saturated carbocycles. The third-order valence-corrected chi connectivity index (χ3v) is 2.56. The molecule has 0 bridgehead atoms. The summed E-state index contributed by atoms with van der Waals surface area (Å²) in [5, 5.41) is 2.67. The number of methoxy groups -OCH3 is 1. The van der Waals surface area contributed by atoms with E-state index in [1.165, 1.54) is 7.11 Å². The van der Waals surface area contributed by atoms with E-state index in [0.717, 1.165) is 5.56 Å². The normalized spacial score (nSPS) is 10.9. The molecule has 1 aromatic rings. The van der Waals surface area contributed by atoms with Crippen LogP contribution in [0.3, 0.4) is 0 Å². The summed E-state index contributed by atoms with van der Waals surface area (Å²) in [4.78, 5) is 27.1. The van der Waals surface area contributed by atoms with Gasteiger partial charge < -0.3 is 14.8 Å². The molecule has 1 rings (SSSR count). The Hall–Kier alpha value is -2.11. The zero-order chi connectivity index (χ0) is 15.9. The first kappa shape index (κ1) is 16.9. The molecule has 1 amide bonds. The topological polar surface area (TPSA) is 77.5 Å². The second-order valence-corrected chi connectivity index (χ2v) is 5.53. The monoisotopic (exact) mass is 294 g/mol. The number of hydrogen-bond acceptors (Lipinski definition) is 5. The van der Waals surface area contributed by atoms with Gasteiger partial charge in [0, 0.05) is 12.7 Å². The lowest BCUT2D eigenvalue weighted by molar-refractivity contribution is 0.0525. The van der Waals surface area contributed by atoms with Crippen LogP contribution in [0.1, 0.15) is 43.2 Å². The fourth-order valence-electron chi connectivity index (χ4n) is 1.70. The Morgan fingerprint density at radius 2 is 2.05 bits per heavy atom. The number of pyridine rings is 1. The molecule has 0 radical (unpaired) electrons. The standard InChI is InChI=1S/C15H22N2O4/c1-15(2,3)21-14(19)17-10-6-8-11-7-5-9-16-12(11)13(18)20-4/h5,7,9H,6,8,10H2,1-4H3,(H,17,19). The maximum Gasteiger partial charge on any atom is 0.407 e. The third-order valence-electron chi connectivity index (χ3n) is 2.56. The molecule has 0 spiro atoms. The smallest absolute Gasteiger partial charge is 0.407 e. The first-order valence-electron chi connectivity index (χ1n) is 6.82. The molecule has 0 aliphatic heterocycles. The van der Waals surface area contributed by atoms with Gasteiger partial charge in [-0.05, 0) is 45.2 Å². The van der Waals surface area contributed by atoms with Crippen molar-refractivity contribution in [3.8, 4) is 0 Å². The molecular formula is C15H22N2O4. The highest BCUT2D eigenvalue weighted by Crippen LogP contribution is 2.10. The molecule has 1 heterocycles. The molecule has 6 heteroatoms. The summed E-state index contributed by atoms with van der Waals surface area (Å²) in [6.07, 6.45) is 2.40. The zero-order valence-electron chi connectivity index (χ0n) is 12.9. The quantitative estimate of drug-likeness (QED) is 0.666. The molecule has 0 unspecified atom stereocenters. The number of rotatable bonds is 5. The molecular weight excluding hydrogens is 272 g/mol. The summed E-state index contributed by atoms with van der Waals surface area (Å²) in [6, 6.07) is 3.59. The Labute approximate surface area is 124 Å². The van der Waals surface area contributed by atoms with Crippen molar-refractivity contribution in [3.05, 3.63) is 29.6 Å². The van der Waals surface area contributed by atoms with E-state index in [4.69, 9.17) is 4.74 Å². The number of esters is 1. The number of amides is 1. The van der Waals surface area contributed by atoms with Gasteiger partial charge in [0.1, 0.15) is 5.60 Å². The van der Waals surface area contributed by atoms with Gasteiger partial charge in [0.25, 0.3) is 0 Å². The minimum absolute atomic E-state index is 0.317. The Morgan fingerprint density at radius 3 is 2.67 bits per heavy atom. The van der Waals surface area contributed by atoms with Gasteiger partial charge in [-0.25, -0.2) is 14.6 Å². The van der Waals surface area contributed by atoms with Crippen molar-refractivity contribution in [2.45, 2.75) is 39.2 Å². The van der Waals surface area contributed by atoms with Gasteiger partial charge in [-0.15, -0.1) is 0 Å². The Balaban J connectivity index is 2.43. The SMILES string of the molecule is COC(=O)c1ncccc1CCCNC(=O)OC(C)(C)C. The van der Waals surface area contributed by atoms with E-state index in [1.54, 1.807) is 12.3 Å². The molecule has 0 aliphatic carbocycles. The molecule has 0 saturated heterocycles. The van der Waals surface area contributed by atoms with Crippen molar-refractivity contribution in [1.82, 2.24) is 10.3 Å². The fraction of sp³-hybridized carbons (Fsp3) is 0.533. The van der Waals surface area contributed by atoms with E-state index in [2.05, 4.69) is 15.0 Å². The number of aromatic nitrogens is 1. The predicted octanol–water partition coefficient (Wildman–Crippen LogP) is 2.33. The summed E-state index contributed by atoms with van der Waals surface area (Å²) >= 11 is 0. The van der Waals surface area contributed by atoms with Crippen LogP contribution >= 0.6 is 0 Å². The number of ether oxygens (including phenoxy) is 2. The van der Waals surface area contributed by atoms with Gasteiger partial charge in [0.15, 0.2) is 5.69 Å². The summed E-state index contributed by atoms with van der Waals surface area (Å²) in [6.45, 7) is 5.89. The van der Waals surface area contributed by atoms with Gasteiger partial charge in [-0.1, -0.05) is 6.07 Å². The second-order valence-electron chi connectivity index (χ2n) is 5.53. The van der Waals surface area contributed by atoms with Crippen LogP contribution in [0.5, 0.6) is 0 Å². The van der Waals surface area contributed by atoms with E-state index in [-0.39, 0.29) is 0 Å². The highest BCUT2D eigenvalue weighted by atomic mass is 16.6. The van der Waals surface area contributed by atoms with Crippen molar-refractivity contribution in [1.29, 1.82) is 0 Å². The van der Waals surface area contributed by atoms with E-state index in [1.807, 2.05) is 26.8 Å². The lowest BCUT2D eigenvalue weighted by Gasteiger charge is -2.19. The van der Waals surface area contributed by atoms with E-state index < -0.39 is 17.7 Å². The van der Waals surface area contributed by atoms with Gasteiger partial charge in [0.05, 0.1) is 7.11 Å². The number of nitrogens with one attached hydrogen (secondary N) is 1. The summed E-state index contributed by atoms with van der Waals surface area (Å²) in [5.41, 5.74) is 0.610. The van der Waals surface area contributed by atoms with Crippen LogP contribution in [0.15, 0.2) is 18.3 Å². The number of nitrogens with zero attached hydrogens (tertiary/aromatic N) is 1. The molecule has 21 heavy (non-hydrogen) atoms. The number of hydrogen-bond donors (Lipinski definition) is 1. The summed E-state index contributed by atoms with van der Waals surface area (Å²) in [5.74, 6) is -0.453. The summed E-state index contributed by atoms with van der Waals surface area (Å²) < 4.78 is 9.82. The largest absolute Gasteiger partial charge is 0.464 e. The van der Waals surface area contributed by atoms with Crippen LogP contribution < -0.4 is 5.32 Å². The van der Waals surface area contributed by atoms with Gasteiger partial charge in [-0.3, -0.25) is 0 Å². The molecule has 116 valence electrons. The average molecular weight is 294 g/mol. The predicted molar refractivity (Wildman–Crippen MR) is 78.1 cm³/mol. The molecule has 0 atom stereocenters. The Bertz CT molecular complexity index is 495. The number of carbonyl (C=O) groups excluding carboxylic acids is 2. The van der Waals surface area contributed by atoms with Crippen molar-refractivity contribution in [2.24, 2.45) is 0 Å². The minimum Gasteiger partial charge on any atom is -0.464 e. The first-order valence-corrected chi connectivity index (χ1v) is 6.82. The molecule has 0 aliphatic rings. The highest BCUT2D eigenvalue weighted by Gasteiger charge is 2.16. The zero-order valence-corrected chi connectivity index (χ0v) is 12.9. The highest BCUT2D eigenvalue weighted by molar-refractivity contribution is 5.88.